The third-order valence-electron chi connectivity index (χ3n) is 3.38. The zero-order chi connectivity index (χ0) is 14.7. The van der Waals surface area contributed by atoms with E-state index in [0.29, 0.717) is 12.2 Å². The normalized spacial score (nSPS) is 10.4. The van der Waals surface area contributed by atoms with Gasteiger partial charge < -0.3 is 15.4 Å². The van der Waals surface area contributed by atoms with Crippen molar-refractivity contribution in [3.8, 4) is 5.75 Å². The van der Waals surface area contributed by atoms with Crippen molar-refractivity contribution in [1.29, 1.82) is 0 Å². The first kappa shape index (κ1) is 14.1. The van der Waals surface area contributed by atoms with Crippen molar-refractivity contribution in [2.24, 2.45) is 0 Å². The summed E-state index contributed by atoms with van der Waals surface area (Å²) in [7, 11) is 3.67. The maximum absolute atomic E-state index is 5.94. The number of ether oxygens (including phenoxy) is 1. The number of nitrogens with zero attached hydrogens (tertiary/aromatic N) is 3. The number of nitrogen functional groups attached to an aromatic ring is 1. The molecule has 2 N–H and O–H groups in total. The Balaban J connectivity index is 2.29. The number of methoxy groups -OCH3 is 1. The molecule has 2 heterocycles. The summed E-state index contributed by atoms with van der Waals surface area (Å²) in [6.07, 6.45) is 5.23. The molecule has 0 radical (unpaired) electrons. The van der Waals surface area contributed by atoms with Crippen molar-refractivity contribution in [3.63, 3.8) is 0 Å². The Morgan fingerprint density at radius 3 is 2.70 bits per heavy atom. The summed E-state index contributed by atoms with van der Waals surface area (Å²) in [5.41, 5.74) is 10.6. The van der Waals surface area contributed by atoms with E-state index < -0.39 is 0 Å². The SMILES string of the molecule is COc1c(C)cnc(CN(C)c2ccncc2N)c1C. The number of rotatable bonds is 4. The summed E-state index contributed by atoms with van der Waals surface area (Å²) in [4.78, 5) is 10.6. The Morgan fingerprint density at radius 1 is 1.30 bits per heavy atom. The molecule has 0 saturated heterocycles. The van der Waals surface area contributed by atoms with Gasteiger partial charge in [0.2, 0.25) is 0 Å². The van der Waals surface area contributed by atoms with Gasteiger partial charge in [0.1, 0.15) is 5.75 Å². The smallest absolute Gasteiger partial charge is 0.128 e. The fourth-order valence-corrected chi connectivity index (χ4v) is 2.29. The molecule has 106 valence electrons. The summed E-state index contributed by atoms with van der Waals surface area (Å²) in [6, 6.07) is 1.90. The molecule has 2 aromatic rings. The van der Waals surface area contributed by atoms with Crippen LogP contribution in [0.3, 0.4) is 0 Å². The van der Waals surface area contributed by atoms with E-state index in [1.165, 1.54) is 0 Å². The van der Waals surface area contributed by atoms with Gasteiger partial charge in [-0.25, -0.2) is 0 Å². The Kier molecular flexibility index (Phi) is 4.08. The summed E-state index contributed by atoms with van der Waals surface area (Å²) >= 11 is 0. The van der Waals surface area contributed by atoms with Crippen LogP contribution in [0.1, 0.15) is 16.8 Å². The van der Waals surface area contributed by atoms with Gasteiger partial charge in [0, 0.05) is 30.6 Å². The van der Waals surface area contributed by atoms with E-state index in [0.717, 1.165) is 28.3 Å². The van der Waals surface area contributed by atoms with Crippen LogP contribution in [-0.4, -0.2) is 24.1 Å². The molecule has 2 aromatic heterocycles. The van der Waals surface area contributed by atoms with E-state index >= 15 is 0 Å². The molecule has 0 aliphatic heterocycles. The molecule has 0 aliphatic carbocycles. The molecule has 0 fully saturated rings. The average Bonchev–Trinajstić information content (AvgIpc) is 2.43. The second-order valence-electron chi connectivity index (χ2n) is 4.84. The van der Waals surface area contributed by atoms with E-state index in [-0.39, 0.29) is 0 Å². The molecule has 0 saturated carbocycles. The fraction of sp³-hybridized carbons (Fsp3) is 0.333. The van der Waals surface area contributed by atoms with Gasteiger partial charge in [0.15, 0.2) is 0 Å². The Hall–Kier alpha value is -2.30. The first-order valence-corrected chi connectivity index (χ1v) is 6.44. The van der Waals surface area contributed by atoms with Crippen LogP contribution in [0.25, 0.3) is 0 Å². The van der Waals surface area contributed by atoms with Gasteiger partial charge in [-0.3, -0.25) is 9.97 Å². The lowest BCUT2D eigenvalue weighted by atomic mass is 10.1. The van der Waals surface area contributed by atoms with Crippen LogP contribution in [0, 0.1) is 13.8 Å². The number of hydrogen-bond acceptors (Lipinski definition) is 5. The van der Waals surface area contributed by atoms with Crippen molar-refractivity contribution >= 4 is 11.4 Å². The van der Waals surface area contributed by atoms with Crippen LogP contribution in [0.5, 0.6) is 5.75 Å². The van der Waals surface area contributed by atoms with E-state index in [9.17, 15) is 0 Å². The van der Waals surface area contributed by atoms with Gasteiger partial charge in [0.25, 0.3) is 0 Å². The second-order valence-corrected chi connectivity index (χ2v) is 4.84. The van der Waals surface area contributed by atoms with Crippen molar-refractivity contribution in [1.82, 2.24) is 9.97 Å². The first-order valence-electron chi connectivity index (χ1n) is 6.44. The van der Waals surface area contributed by atoms with E-state index in [2.05, 4.69) is 14.9 Å². The van der Waals surface area contributed by atoms with Crippen LogP contribution < -0.4 is 15.4 Å². The van der Waals surface area contributed by atoms with Crippen LogP contribution in [-0.2, 0) is 6.54 Å². The monoisotopic (exact) mass is 272 g/mol. The molecule has 0 bridgehead atoms. The number of pyridine rings is 2. The average molecular weight is 272 g/mol. The van der Waals surface area contributed by atoms with E-state index in [1.807, 2.05) is 33.2 Å². The molecule has 0 aromatic carbocycles. The number of aromatic nitrogens is 2. The molecular formula is C15H20N4O. The number of hydrogen-bond donors (Lipinski definition) is 1. The predicted molar refractivity (Wildman–Crippen MR) is 81.0 cm³/mol. The van der Waals surface area contributed by atoms with E-state index in [4.69, 9.17) is 10.5 Å². The van der Waals surface area contributed by atoms with Gasteiger partial charge in [-0.2, -0.15) is 0 Å². The van der Waals surface area contributed by atoms with Crippen LogP contribution in [0.4, 0.5) is 11.4 Å². The summed E-state index contributed by atoms with van der Waals surface area (Å²) < 4.78 is 5.43. The predicted octanol–water partition coefficient (Wildman–Crippen LogP) is 2.32. The topological polar surface area (TPSA) is 64.3 Å². The molecule has 5 heteroatoms. The largest absolute Gasteiger partial charge is 0.496 e. The highest BCUT2D eigenvalue weighted by Gasteiger charge is 2.12. The quantitative estimate of drug-likeness (QED) is 0.925. The van der Waals surface area contributed by atoms with Crippen LogP contribution in [0.15, 0.2) is 24.7 Å². The second kappa shape index (κ2) is 5.77. The number of nitrogens with two attached hydrogens (primary N) is 1. The maximum atomic E-state index is 5.94. The van der Waals surface area contributed by atoms with Crippen molar-refractivity contribution in [3.05, 3.63) is 41.5 Å². The third kappa shape index (κ3) is 2.66. The van der Waals surface area contributed by atoms with Crippen molar-refractivity contribution in [2.75, 3.05) is 24.8 Å². The Bertz CT molecular complexity index is 613. The van der Waals surface area contributed by atoms with Gasteiger partial charge in [-0.15, -0.1) is 0 Å². The summed E-state index contributed by atoms with van der Waals surface area (Å²) in [6.45, 7) is 4.68. The van der Waals surface area contributed by atoms with Crippen LogP contribution in [0.2, 0.25) is 0 Å². The molecule has 0 atom stereocenters. The van der Waals surface area contributed by atoms with E-state index in [1.54, 1.807) is 19.5 Å². The Morgan fingerprint density at radius 2 is 2.05 bits per heavy atom. The minimum atomic E-state index is 0.659. The highest BCUT2D eigenvalue weighted by atomic mass is 16.5. The highest BCUT2D eigenvalue weighted by molar-refractivity contribution is 5.65. The molecule has 0 aliphatic rings. The molecule has 2 rings (SSSR count). The third-order valence-corrected chi connectivity index (χ3v) is 3.38. The first-order chi connectivity index (χ1) is 9.54. The molecular weight excluding hydrogens is 252 g/mol. The minimum absolute atomic E-state index is 0.659. The van der Waals surface area contributed by atoms with Crippen molar-refractivity contribution in [2.45, 2.75) is 20.4 Å². The molecule has 5 nitrogen and oxygen atoms in total. The molecule has 0 amide bonds. The lowest BCUT2D eigenvalue weighted by Gasteiger charge is -2.22. The number of aryl methyl sites for hydroxylation is 1. The minimum Gasteiger partial charge on any atom is -0.496 e. The Labute approximate surface area is 119 Å². The van der Waals surface area contributed by atoms with Crippen LogP contribution >= 0.6 is 0 Å². The highest BCUT2D eigenvalue weighted by Crippen LogP contribution is 2.27. The molecule has 20 heavy (non-hydrogen) atoms. The standard InChI is InChI=1S/C15H20N4O/c1-10-7-18-13(11(2)15(10)20-4)9-19(3)14-5-6-17-8-12(14)16/h5-8H,9,16H2,1-4H3. The maximum Gasteiger partial charge on any atom is 0.128 e. The zero-order valence-corrected chi connectivity index (χ0v) is 12.3. The fourth-order valence-electron chi connectivity index (χ4n) is 2.29. The molecule has 0 unspecified atom stereocenters. The molecule has 0 spiro atoms. The lowest BCUT2D eigenvalue weighted by molar-refractivity contribution is 0.407. The van der Waals surface area contributed by atoms with Gasteiger partial charge >= 0.3 is 0 Å². The van der Waals surface area contributed by atoms with Crippen molar-refractivity contribution < 1.29 is 4.74 Å². The van der Waals surface area contributed by atoms with Gasteiger partial charge in [-0.1, -0.05) is 0 Å². The lowest BCUT2D eigenvalue weighted by Crippen LogP contribution is -2.19. The number of anilines is 2. The zero-order valence-electron chi connectivity index (χ0n) is 12.3. The summed E-state index contributed by atoms with van der Waals surface area (Å²) in [5, 5.41) is 0. The van der Waals surface area contributed by atoms with Gasteiger partial charge in [-0.05, 0) is 19.9 Å². The summed E-state index contributed by atoms with van der Waals surface area (Å²) in [5.74, 6) is 0.895. The van der Waals surface area contributed by atoms with Gasteiger partial charge in [0.05, 0.1) is 36.9 Å².